The number of hydrogen-bond acceptors (Lipinski definition) is 4. The van der Waals surface area contributed by atoms with Crippen LogP contribution in [0.4, 0.5) is 0 Å². The van der Waals surface area contributed by atoms with Gasteiger partial charge in [-0.25, -0.2) is 0 Å². The third-order valence-electron chi connectivity index (χ3n) is 5.09. The smallest absolute Gasteiger partial charge is 0.168 e. The molecule has 3 fully saturated rings. The molecule has 4 nitrogen and oxygen atoms in total. The second kappa shape index (κ2) is 6.08. The highest BCUT2D eigenvalue weighted by atomic mass is 16.7. The molecule has 2 heterocycles. The third-order valence-corrected chi connectivity index (χ3v) is 5.09. The van der Waals surface area contributed by atoms with Crippen molar-refractivity contribution in [1.82, 2.24) is 10.2 Å². The molecule has 1 aliphatic carbocycles. The van der Waals surface area contributed by atoms with Gasteiger partial charge < -0.3 is 19.7 Å². The minimum Gasteiger partial charge on any atom is -0.348 e. The van der Waals surface area contributed by atoms with E-state index in [1.165, 1.54) is 45.3 Å². The Morgan fingerprint density at radius 2 is 1.89 bits per heavy atom. The molecule has 4 heteroatoms. The minimum atomic E-state index is -0.198. The summed E-state index contributed by atoms with van der Waals surface area (Å²) in [5.41, 5.74) is 0. The lowest BCUT2D eigenvalue weighted by molar-refractivity contribution is -0.184. The number of nitrogens with one attached hydrogen (secondary N) is 1. The molecule has 0 aromatic heterocycles. The van der Waals surface area contributed by atoms with Crippen LogP contribution in [0, 0.1) is 5.92 Å². The first-order valence-corrected chi connectivity index (χ1v) is 7.98. The van der Waals surface area contributed by atoms with Crippen molar-refractivity contribution in [3.05, 3.63) is 0 Å². The van der Waals surface area contributed by atoms with Crippen LogP contribution in [0.5, 0.6) is 0 Å². The molecular formula is C15H28N2O2. The van der Waals surface area contributed by atoms with E-state index in [-0.39, 0.29) is 5.79 Å². The summed E-state index contributed by atoms with van der Waals surface area (Å²) in [5, 5.41) is 3.33. The molecule has 110 valence electrons. The summed E-state index contributed by atoms with van der Waals surface area (Å²) < 4.78 is 11.7. The Hall–Kier alpha value is -0.160. The van der Waals surface area contributed by atoms with Gasteiger partial charge in [0.1, 0.15) is 0 Å². The van der Waals surface area contributed by atoms with E-state index >= 15 is 0 Å². The van der Waals surface area contributed by atoms with Crippen LogP contribution in [0.3, 0.4) is 0 Å². The average Bonchev–Trinajstić information content (AvgIpc) is 2.89. The molecule has 1 spiro atoms. The van der Waals surface area contributed by atoms with Crippen LogP contribution >= 0.6 is 0 Å². The fraction of sp³-hybridized carbons (Fsp3) is 1.00. The monoisotopic (exact) mass is 268 g/mol. The number of piperidine rings is 1. The fourth-order valence-electron chi connectivity index (χ4n) is 4.08. The molecule has 0 aromatic rings. The van der Waals surface area contributed by atoms with E-state index in [4.69, 9.17) is 9.47 Å². The zero-order valence-electron chi connectivity index (χ0n) is 12.2. The van der Waals surface area contributed by atoms with Crippen LogP contribution < -0.4 is 5.32 Å². The molecule has 3 aliphatic rings. The first-order valence-electron chi connectivity index (χ1n) is 7.98. The Morgan fingerprint density at radius 3 is 2.58 bits per heavy atom. The molecular weight excluding hydrogens is 240 g/mol. The molecule has 1 N–H and O–H groups in total. The lowest BCUT2D eigenvalue weighted by atomic mass is 9.87. The van der Waals surface area contributed by atoms with Gasteiger partial charge in [0.2, 0.25) is 0 Å². The zero-order valence-corrected chi connectivity index (χ0v) is 12.2. The first kappa shape index (κ1) is 13.8. The highest BCUT2D eigenvalue weighted by molar-refractivity contribution is 4.88. The van der Waals surface area contributed by atoms with E-state index in [0.717, 1.165) is 38.0 Å². The maximum Gasteiger partial charge on any atom is 0.168 e. The molecule has 2 saturated heterocycles. The van der Waals surface area contributed by atoms with Crippen molar-refractivity contribution in [3.8, 4) is 0 Å². The van der Waals surface area contributed by atoms with Crippen LogP contribution in [0.1, 0.15) is 38.5 Å². The Labute approximate surface area is 116 Å². The molecule has 0 aromatic carbocycles. The molecule has 0 bridgehead atoms. The van der Waals surface area contributed by atoms with Gasteiger partial charge in [-0.15, -0.1) is 0 Å². The molecule has 2 aliphatic heterocycles. The van der Waals surface area contributed by atoms with Crippen molar-refractivity contribution in [2.45, 2.75) is 50.4 Å². The summed E-state index contributed by atoms with van der Waals surface area (Å²) in [6.45, 7) is 5.32. The van der Waals surface area contributed by atoms with Crippen LogP contribution in [-0.2, 0) is 9.47 Å². The van der Waals surface area contributed by atoms with Crippen LogP contribution in [0.2, 0.25) is 0 Å². The van der Waals surface area contributed by atoms with Crippen molar-refractivity contribution in [1.29, 1.82) is 0 Å². The number of likely N-dealkylation sites (tertiary alicyclic amines) is 1. The van der Waals surface area contributed by atoms with Crippen molar-refractivity contribution in [3.63, 3.8) is 0 Å². The van der Waals surface area contributed by atoms with Crippen LogP contribution in [-0.4, -0.2) is 56.6 Å². The van der Waals surface area contributed by atoms with Crippen molar-refractivity contribution in [2.24, 2.45) is 5.92 Å². The Kier molecular flexibility index (Phi) is 4.42. The summed E-state index contributed by atoms with van der Waals surface area (Å²) in [6, 6.07) is 0.762. The van der Waals surface area contributed by atoms with Gasteiger partial charge in [-0.2, -0.15) is 0 Å². The molecule has 3 rings (SSSR count). The van der Waals surface area contributed by atoms with Gasteiger partial charge >= 0.3 is 0 Å². The SMILES string of the molecule is CNCC1CCCN(C2CCC3(CC2)OCCO3)C1. The minimum absolute atomic E-state index is 0.198. The number of hydrogen-bond donors (Lipinski definition) is 1. The van der Waals surface area contributed by atoms with Crippen molar-refractivity contribution < 1.29 is 9.47 Å². The van der Waals surface area contributed by atoms with Gasteiger partial charge in [0.25, 0.3) is 0 Å². The van der Waals surface area contributed by atoms with E-state index in [2.05, 4.69) is 17.3 Å². The van der Waals surface area contributed by atoms with Crippen LogP contribution in [0.15, 0.2) is 0 Å². The predicted octanol–water partition coefficient (Wildman–Crippen LogP) is 1.60. The average molecular weight is 268 g/mol. The second-order valence-corrected chi connectivity index (χ2v) is 6.40. The molecule has 19 heavy (non-hydrogen) atoms. The van der Waals surface area contributed by atoms with Gasteiger partial charge in [-0.3, -0.25) is 0 Å². The maximum absolute atomic E-state index is 5.83. The van der Waals surface area contributed by atoms with E-state index in [1.54, 1.807) is 0 Å². The molecule has 1 unspecified atom stereocenters. The van der Waals surface area contributed by atoms with Crippen molar-refractivity contribution in [2.75, 3.05) is 39.9 Å². The quantitative estimate of drug-likeness (QED) is 0.843. The standard InChI is InChI=1S/C15H28N2O2/c1-16-11-13-3-2-8-17(12-13)14-4-6-15(7-5-14)18-9-10-19-15/h13-14,16H,2-12H2,1H3. The van der Waals surface area contributed by atoms with Crippen molar-refractivity contribution >= 4 is 0 Å². The highest BCUT2D eigenvalue weighted by Gasteiger charge is 2.41. The number of rotatable bonds is 3. The van der Waals surface area contributed by atoms with Gasteiger partial charge in [-0.1, -0.05) is 0 Å². The molecule has 1 saturated carbocycles. The van der Waals surface area contributed by atoms with E-state index < -0.39 is 0 Å². The predicted molar refractivity (Wildman–Crippen MR) is 75.1 cm³/mol. The molecule has 0 radical (unpaired) electrons. The van der Waals surface area contributed by atoms with Gasteiger partial charge in [-0.05, 0) is 51.7 Å². The zero-order chi connectivity index (χ0) is 13.1. The van der Waals surface area contributed by atoms with E-state index in [0.29, 0.717) is 0 Å². The van der Waals surface area contributed by atoms with E-state index in [9.17, 15) is 0 Å². The van der Waals surface area contributed by atoms with Gasteiger partial charge in [0.15, 0.2) is 5.79 Å². The van der Waals surface area contributed by atoms with Gasteiger partial charge in [0.05, 0.1) is 13.2 Å². The summed E-state index contributed by atoms with van der Waals surface area (Å²) in [4.78, 5) is 2.73. The summed E-state index contributed by atoms with van der Waals surface area (Å²) in [5.74, 6) is 0.644. The largest absolute Gasteiger partial charge is 0.348 e. The second-order valence-electron chi connectivity index (χ2n) is 6.40. The lowest BCUT2D eigenvalue weighted by Gasteiger charge is -2.43. The first-order chi connectivity index (χ1) is 9.31. The number of nitrogens with zero attached hydrogens (tertiary/aromatic N) is 1. The van der Waals surface area contributed by atoms with E-state index in [1.807, 2.05) is 0 Å². The molecule has 1 atom stereocenters. The topological polar surface area (TPSA) is 33.7 Å². The van der Waals surface area contributed by atoms with Crippen LogP contribution in [0.25, 0.3) is 0 Å². The summed E-state index contributed by atoms with van der Waals surface area (Å²) in [7, 11) is 2.07. The Morgan fingerprint density at radius 1 is 1.16 bits per heavy atom. The van der Waals surface area contributed by atoms with Gasteiger partial charge in [0, 0.05) is 25.4 Å². The molecule has 0 amide bonds. The highest BCUT2D eigenvalue weighted by Crippen LogP contribution is 2.38. The normalized spacial score (nSPS) is 33.0. The maximum atomic E-state index is 5.83. The summed E-state index contributed by atoms with van der Waals surface area (Å²) in [6.07, 6.45) is 7.41. The lowest BCUT2D eigenvalue weighted by Crippen LogP contribution is -2.48. The number of ether oxygens (including phenoxy) is 2. The Bertz CT molecular complexity index is 280. The summed E-state index contributed by atoms with van der Waals surface area (Å²) >= 11 is 0. The Balaban J connectivity index is 1.50. The third kappa shape index (κ3) is 3.13. The fourth-order valence-corrected chi connectivity index (χ4v) is 4.08.